The Morgan fingerprint density at radius 2 is 1.92 bits per heavy atom. The van der Waals surface area contributed by atoms with E-state index in [0.29, 0.717) is 5.92 Å². The van der Waals surface area contributed by atoms with Crippen molar-refractivity contribution >= 4 is 22.9 Å². The van der Waals surface area contributed by atoms with Gasteiger partial charge in [-0.2, -0.15) is 4.99 Å². The van der Waals surface area contributed by atoms with Crippen molar-refractivity contribution in [1.82, 2.24) is 0 Å². The summed E-state index contributed by atoms with van der Waals surface area (Å²) >= 11 is 1.40. The summed E-state index contributed by atoms with van der Waals surface area (Å²) in [6, 6.07) is 0. The lowest BCUT2D eigenvalue weighted by Crippen LogP contribution is -2.23. The molecule has 0 saturated heterocycles. The highest BCUT2D eigenvalue weighted by atomic mass is 32.2. The van der Waals surface area contributed by atoms with Gasteiger partial charge in [-0.25, -0.2) is 0 Å². The lowest BCUT2D eigenvalue weighted by atomic mass is 10.1. The zero-order valence-electron chi connectivity index (χ0n) is 8.21. The number of hydrogen-bond acceptors (Lipinski definition) is 2. The van der Waals surface area contributed by atoms with Crippen molar-refractivity contribution in [2.45, 2.75) is 26.7 Å². The van der Waals surface area contributed by atoms with Gasteiger partial charge in [-0.3, -0.25) is 5.41 Å². The van der Waals surface area contributed by atoms with Crippen molar-refractivity contribution in [3.63, 3.8) is 0 Å². The van der Waals surface area contributed by atoms with Crippen LogP contribution in [0.1, 0.15) is 26.7 Å². The molecule has 0 amide bonds. The van der Waals surface area contributed by atoms with Crippen LogP contribution in [0, 0.1) is 11.3 Å². The van der Waals surface area contributed by atoms with Gasteiger partial charge in [0.2, 0.25) is 0 Å². The first-order valence-electron chi connectivity index (χ1n) is 4.41. The predicted octanol–water partition coefficient (Wildman–Crippen LogP) is 1.36. The van der Waals surface area contributed by atoms with Crippen molar-refractivity contribution in [3.05, 3.63) is 0 Å². The molecular weight excluding hydrogens is 184 g/mol. The summed E-state index contributed by atoms with van der Waals surface area (Å²) in [4.78, 5) is 3.64. The number of nitrogens with zero attached hydrogens (tertiary/aromatic N) is 1. The molecule has 0 rings (SSSR count). The molecule has 0 aliphatic rings. The topological polar surface area (TPSA) is 88.2 Å². The summed E-state index contributed by atoms with van der Waals surface area (Å²) in [6.45, 7) is 4.30. The van der Waals surface area contributed by atoms with Crippen LogP contribution in [0.2, 0.25) is 0 Å². The molecule has 0 saturated carbocycles. The lowest BCUT2D eigenvalue weighted by Gasteiger charge is -2.09. The lowest BCUT2D eigenvalue weighted by molar-refractivity contribution is 0.554. The van der Waals surface area contributed by atoms with Gasteiger partial charge in [0.25, 0.3) is 0 Å². The Bertz CT molecular complexity index is 183. The van der Waals surface area contributed by atoms with Crippen LogP contribution >= 0.6 is 11.8 Å². The molecule has 0 aliphatic carbocycles. The number of nitrogens with two attached hydrogens (primary N) is 2. The maximum absolute atomic E-state index is 7.38. The van der Waals surface area contributed by atoms with Gasteiger partial charge in [-0.05, 0) is 5.92 Å². The highest BCUT2D eigenvalue weighted by molar-refractivity contribution is 8.13. The molecule has 0 aromatic heterocycles. The Balaban J connectivity index is 3.75. The first-order chi connectivity index (χ1) is 6.10. The fourth-order valence-corrected chi connectivity index (χ4v) is 1.91. The fraction of sp³-hybridized carbons (Fsp3) is 0.750. The molecule has 76 valence electrons. The van der Waals surface area contributed by atoms with Crippen molar-refractivity contribution < 1.29 is 0 Å². The molecular formula is C8H18N4S. The SMILES string of the molecule is CCC(CC)CSC(=N)N=C(N)N. The Kier molecular flexibility index (Phi) is 6.40. The van der Waals surface area contributed by atoms with Gasteiger partial charge < -0.3 is 11.5 Å². The number of nitrogens with one attached hydrogen (secondary N) is 1. The average molecular weight is 202 g/mol. The van der Waals surface area contributed by atoms with Crippen LogP contribution in [0.4, 0.5) is 0 Å². The highest BCUT2D eigenvalue weighted by Crippen LogP contribution is 2.16. The van der Waals surface area contributed by atoms with Crippen molar-refractivity contribution in [2.75, 3.05) is 5.75 Å². The second kappa shape index (κ2) is 6.77. The molecule has 0 unspecified atom stereocenters. The molecule has 0 atom stereocenters. The summed E-state index contributed by atoms with van der Waals surface area (Å²) in [5.41, 5.74) is 10.3. The fourth-order valence-electron chi connectivity index (χ4n) is 0.871. The van der Waals surface area contributed by atoms with Crippen LogP contribution in [0.3, 0.4) is 0 Å². The van der Waals surface area contributed by atoms with Gasteiger partial charge in [-0.1, -0.05) is 38.5 Å². The largest absolute Gasteiger partial charge is 0.370 e. The average Bonchev–Trinajstić information content (AvgIpc) is 2.05. The summed E-state index contributed by atoms with van der Waals surface area (Å²) in [7, 11) is 0. The molecule has 0 aromatic carbocycles. The third-order valence-electron chi connectivity index (χ3n) is 1.84. The molecule has 0 spiro atoms. The standard InChI is InChI=1S/C8H18N4S/c1-3-6(4-2)5-13-8(11)12-7(9)10/h6H,3-5H2,1-2H3,(H5,9,10,11,12). The normalized spacial score (nSPS) is 10.1. The van der Waals surface area contributed by atoms with Crippen molar-refractivity contribution in [3.8, 4) is 0 Å². The highest BCUT2D eigenvalue weighted by Gasteiger charge is 2.05. The molecule has 4 nitrogen and oxygen atoms in total. The first-order valence-corrected chi connectivity index (χ1v) is 5.39. The summed E-state index contributed by atoms with van der Waals surface area (Å²) < 4.78 is 0. The van der Waals surface area contributed by atoms with E-state index in [0.717, 1.165) is 18.6 Å². The van der Waals surface area contributed by atoms with Crippen LogP contribution in [-0.2, 0) is 0 Å². The molecule has 5 N–H and O–H groups in total. The maximum atomic E-state index is 7.38. The second-order valence-electron chi connectivity index (χ2n) is 2.84. The van der Waals surface area contributed by atoms with E-state index in [1.54, 1.807) is 0 Å². The predicted molar refractivity (Wildman–Crippen MR) is 60.1 cm³/mol. The first kappa shape index (κ1) is 12.3. The second-order valence-corrected chi connectivity index (χ2v) is 3.84. The van der Waals surface area contributed by atoms with Crippen molar-refractivity contribution in [1.29, 1.82) is 5.41 Å². The van der Waals surface area contributed by atoms with E-state index in [2.05, 4.69) is 18.8 Å². The van der Waals surface area contributed by atoms with E-state index < -0.39 is 0 Å². The molecule has 0 fully saturated rings. The number of guanidine groups is 1. The molecule has 13 heavy (non-hydrogen) atoms. The van der Waals surface area contributed by atoms with Gasteiger partial charge in [0.15, 0.2) is 11.1 Å². The number of hydrogen-bond donors (Lipinski definition) is 3. The molecule has 0 radical (unpaired) electrons. The van der Waals surface area contributed by atoms with E-state index in [1.165, 1.54) is 11.8 Å². The smallest absolute Gasteiger partial charge is 0.193 e. The number of amidine groups is 1. The quantitative estimate of drug-likeness (QED) is 0.475. The minimum Gasteiger partial charge on any atom is -0.370 e. The number of rotatable bonds is 4. The molecule has 5 heteroatoms. The molecule has 0 aromatic rings. The summed E-state index contributed by atoms with van der Waals surface area (Å²) in [6.07, 6.45) is 2.28. The van der Waals surface area contributed by atoms with Crippen LogP contribution in [0.5, 0.6) is 0 Å². The van der Waals surface area contributed by atoms with Crippen LogP contribution in [0.15, 0.2) is 4.99 Å². The van der Waals surface area contributed by atoms with Gasteiger partial charge in [0.05, 0.1) is 0 Å². The van der Waals surface area contributed by atoms with E-state index in [-0.39, 0.29) is 11.1 Å². The van der Waals surface area contributed by atoms with Gasteiger partial charge in [0.1, 0.15) is 0 Å². The van der Waals surface area contributed by atoms with Crippen LogP contribution < -0.4 is 11.5 Å². The maximum Gasteiger partial charge on any atom is 0.193 e. The van der Waals surface area contributed by atoms with Gasteiger partial charge in [0, 0.05) is 5.75 Å². The van der Waals surface area contributed by atoms with Crippen LogP contribution in [-0.4, -0.2) is 16.9 Å². The third kappa shape index (κ3) is 6.45. The minimum absolute atomic E-state index is 0.0398. The zero-order valence-corrected chi connectivity index (χ0v) is 9.03. The van der Waals surface area contributed by atoms with E-state index >= 15 is 0 Å². The summed E-state index contributed by atoms with van der Waals surface area (Å²) in [5.74, 6) is 1.53. The molecule has 0 bridgehead atoms. The van der Waals surface area contributed by atoms with Gasteiger partial charge in [-0.15, -0.1) is 0 Å². The van der Waals surface area contributed by atoms with E-state index in [1.807, 2.05) is 0 Å². The Hall–Kier alpha value is -0.710. The monoisotopic (exact) mass is 202 g/mol. The minimum atomic E-state index is -0.0398. The molecule has 0 aliphatic heterocycles. The van der Waals surface area contributed by atoms with E-state index in [4.69, 9.17) is 16.9 Å². The summed E-state index contributed by atoms with van der Waals surface area (Å²) in [5, 5.41) is 7.58. The molecule has 0 heterocycles. The van der Waals surface area contributed by atoms with Crippen LogP contribution in [0.25, 0.3) is 0 Å². The third-order valence-corrected chi connectivity index (χ3v) is 2.84. The van der Waals surface area contributed by atoms with Crippen molar-refractivity contribution in [2.24, 2.45) is 22.4 Å². The van der Waals surface area contributed by atoms with E-state index in [9.17, 15) is 0 Å². The Morgan fingerprint density at radius 3 is 2.31 bits per heavy atom. The Morgan fingerprint density at radius 1 is 1.38 bits per heavy atom. The van der Waals surface area contributed by atoms with Gasteiger partial charge >= 0.3 is 0 Å². The number of thioether (sulfide) groups is 1. The zero-order chi connectivity index (χ0) is 10.3. The number of aliphatic imine (C=N–C) groups is 1. The Labute approximate surface area is 83.7 Å².